The van der Waals surface area contributed by atoms with Crippen LogP contribution >= 0.6 is 0 Å². The van der Waals surface area contributed by atoms with Gasteiger partial charge in [-0.3, -0.25) is 0 Å². The van der Waals surface area contributed by atoms with Crippen LogP contribution in [0.25, 0.3) is 5.65 Å². The zero-order valence-corrected chi connectivity index (χ0v) is 9.29. The average Bonchev–Trinajstić information content (AvgIpc) is 2.71. The van der Waals surface area contributed by atoms with Gasteiger partial charge in [-0.2, -0.15) is 5.10 Å². The highest BCUT2D eigenvalue weighted by atomic mass is 16.1. The Bertz CT molecular complexity index is 759. The van der Waals surface area contributed by atoms with E-state index in [2.05, 4.69) is 20.5 Å². The lowest BCUT2D eigenvalue weighted by atomic mass is 10.3. The number of H-pyrrole nitrogens is 1. The molecule has 0 aliphatic heterocycles. The first-order valence-corrected chi connectivity index (χ1v) is 5.28. The van der Waals surface area contributed by atoms with Gasteiger partial charge in [-0.15, -0.1) is 0 Å². The standard InChI is InChI=1S/C11H10N6O/c12-7-2-1-3-8(4-7)14-9-5-10-15-16-11(18)17(10)6-13-9/h1-6,14H,12H2,(H,16,18). The number of nitrogen functional groups attached to an aromatic ring is 1. The van der Waals surface area contributed by atoms with E-state index in [1.807, 2.05) is 12.1 Å². The molecule has 0 unspecified atom stereocenters. The molecule has 0 fully saturated rings. The molecule has 0 spiro atoms. The van der Waals surface area contributed by atoms with Crippen LogP contribution in [-0.2, 0) is 0 Å². The van der Waals surface area contributed by atoms with Crippen molar-refractivity contribution in [1.29, 1.82) is 0 Å². The van der Waals surface area contributed by atoms with Gasteiger partial charge in [0.2, 0.25) is 0 Å². The van der Waals surface area contributed by atoms with Gasteiger partial charge >= 0.3 is 5.69 Å². The van der Waals surface area contributed by atoms with E-state index >= 15 is 0 Å². The minimum absolute atomic E-state index is 0.312. The quantitative estimate of drug-likeness (QED) is 0.575. The second kappa shape index (κ2) is 3.88. The zero-order chi connectivity index (χ0) is 12.5. The van der Waals surface area contributed by atoms with E-state index in [0.717, 1.165) is 5.69 Å². The Morgan fingerprint density at radius 2 is 2.22 bits per heavy atom. The van der Waals surface area contributed by atoms with Gasteiger partial charge in [0.1, 0.15) is 12.1 Å². The fourth-order valence-corrected chi connectivity index (χ4v) is 1.64. The highest BCUT2D eigenvalue weighted by Gasteiger charge is 2.02. The number of nitrogens with two attached hydrogens (primary N) is 1. The molecule has 0 aliphatic rings. The van der Waals surface area contributed by atoms with Crippen molar-refractivity contribution in [3.63, 3.8) is 0 Å². The second-order valence-electron chi connectivity index (χ2n) is 3.78. The van der Waals surface area contributed by atoms with Gasteiger partial charge < -0.3 is 11.1 Å². The third-order valence-corrected chi connectivity index (χ3v) is 2.47. The van der Waals surface area contributed by atoms with Crippen LogP contribution in [0, 0.1) is 0 Å². The molecular formula is C11H10N6O. The van der Waals surface area contributed by atoms with Crippen molar-refractivity contribution in [2.75, 3.05) is 11.1 Å². The van der Waals surface area contributed by atoms with Crippen LogP contribution in [0.1, 0.15) is 0 Å². The molecule has 18 heavy (non-hydrogen) atoms. The summed E-state index contributed by atoms with van der Waals surface area (Å²) in [4.78, 5) is 15.4. The van der Waals surface area contributed by atoms with Gasteiger partial charge in [-0.1, -0.05) is 6.07 Å². The highest BCUT2D eigenvalue weighted by molar-refractivity contribution is 5.63. The molecule has 1 aromatic carbocycles. The number of aromatic amines is 1. The van der Waals surface area contributed by atoms with E-state index in [4.69, 9.17) is 5.73 Å². The molecule has 4 N–H and O–H groups in total. The summed E-state index contributed by atoms with van der Waals surface area (Å²) < 4.78 is 1.32. The number of anilines is 3. The summed E-state index contributed by atoms with van der Waals surface area (Å²) in [6, 6.07) is 8.98. The van der Waals surface area contributed by atoms with Crippen molar-refractivity contribution < 1.29 is 0 Å². The first-order valence-electron chi connectivity index (χ1n) is 5.28. The summed E-state index contributed by atoms with van der Waals surface area (Å²) in [5.74, 6) is 0.590. The van der Waals surface area contributed by atoms with Crippen LogP contribution in [0.15, 0.2) is 41.5 Å². The van der Waals surface area contributed by atoms with E-state index < -0.39 is 0 Å². The van der Waals surface area contributed by atoms with Gasteiger partial charge in [0.25, 0.3) is 0 Å². The Labute approximate surface area is 101 Å². The number of nitrogens with zero attached hydrogens (tertiary/aromatic N) is 3. The molecule has 0 radical (unpaired) electrons. The summed E-state index contributed by atoms with van der Waals surface area (Å²) in [6.07, 6.45) is 1.41. The minimum atomic E-state index is -0.312. The van der Waals surface area contributed by atoms with E-state index in [1.54, 1.807) is 18.2 Å². The van der Waals surface area contributed by atoms with Gasteiger partial charge in [0.15, 0.2) is 5.65 Å². The van der Waals surface area contributed by atoms with Gasteiger partial charge in [-0.05, 0) is 18.2 Å². The van der Waals surface area contributed by atoms with Crippen molar-refractivity contribution >= 4 is 22.8 Å². The molecule has 0 saturated carbocycles. The topological polar surface area (TPSA) is 101 Å². The largest absolute Gasteiger partial charge is 0.399 e. The number of fused-ring (bicyclic) bond motifs is 1. The molecule has 3 rings (SSSR count). The molecule has 0 bridgehead atoms. The number of nitrogens with one attached hydrogen (secondary N) is 2. The molecular weight excluding hydrogens is 232 g/mol. The first kappa shape index (κ1) is 10.3. The molecule has 0 aliphatic carbocycles. The number of benzene rings is 1. The van der Waals surface area contributed by atoms with Crippen LogP contribution in [0.4, 0.5) is 17.2 Å². The summed E-state index contributed by atoms with van der Waals surface area (Å²) >= 11 is 0. The average molecular weight is 242 g/mol. The van der Waals surface area contributed by atoms with E-state index in [0.29, 0.717) is 17.2 Å². The fourth-order valence-electron chi connectivity index (χ4n) is 1.64. The van der Waals surface area contributed by atoms with Gasteiger partial charge in [0.05, 0.1) is 0 Å². The molecule has 2 aromatic heterocycles. The SMILES string of the molecule is Nc1cccc(Nc2cc3n[nH]c(=O)n3cn2)c1. The fraction of sp³-hybridized carbons (Fsp3) is 0. The molecule has 0 atom stereocenters. The Balaban J connectivity index is 1.97. The Kier molecular flexibility index (Phi) is 2.23. The molecule has 3 aromatic rings. The summed E-state index contributed by atoms with van der Waals surface area (Å²) in [7, 11) is 0. The van der Waals surface area contributed by atoms with Crippen LogP contribution in [0.2, 0.25) is 0 Å². The van der Waals surface area contributed by atoms with E-state index in [9.17, 15) is 4.79 Å². The van der Waals surface area contributed by atoms with Crippen LogP contribution < -0.4 is 16.7 Å². The maximum absolute atomic E-state index is 11.3. The Hall–Kier alpha value is -2.83. The lowest BCUT2D eigenvalue weighted by Crippen LogP contribution is -2.09. The van der Waals surface area contributed by atoms with Crippen molar-refractivity contribution in [1.82, 2.24) is 19.6 Å². The monoisotopic (exact) mass is 242 g/mol. The Morgan fingerprint density at radius 3 is 3.06 bits per heavy atom. The lowest BCUT2D eigenvalue weighted by Gasteiger charge is -2.05. The van der Waals surface area contributed by atoms with Crippen molar-refractivity contribution in [3.8, 4) is 0 Å². The van der Waals surface area contributed by atoms with Crippen molar-refractivity contribution in [2.24, 2.45) is 0 Å². The molecule has 0 saturated heterocycles. The third kappa shape index (κ3) is 1.77. The molecule has 0 amide bonds. The number of hydrogen-bond acceptors (Lipinski definition) is 5. The predicted molar refractivity (Wildman–Crippen MR) is 67.7 cm³/mol. The van der Waals surface area contributed by atoms with Crippen LogP contribution in [0.5, 0.6) is 0 Å². The molecule has 7 heteroatoms. The van der Waals surface area contributed by atoms with Gasteiger partial charge in [0, 0.05) is 17.4 Å². The Morgan fingerprint density at radius 1 is 1.33 bits per heavy atom. The lowest BCUT2D eigenvalue weighted by molar-refractivity contribution is 0.998. The van der Waals surface area contributed by atoms with Crippen LogP contribution in [-0.4, -0.2) is 19.6 Å². The maximum Gasteiger partial charge on any atom is 0.348 e. The van der Waals surface area contributed by atoms with E-state index in [-0.39, 0.29) is 5.69 Å². The number of rotatable bonds is 2. The van der Waals surface area contributed by atoms with Gasteiger partial charge in [-0.25, -0.2) is 19.3 Å². The van der Waals surface area contributed by atoms with Crippen molar-refractivity contribution in [2.45, 2.75) is 0 Å². The number of aromatic nitrogens is 4. The molecule has 2 heterocycles. The van der Waals surface area contributed by atoms with E-state index in [1.165, 1.54) is 10.7 Å². The normalized spacial score (nSPS) is 10.7. The summed E-state index contributed by atoms with van der Waals surface area (Å²) in [5, 5.41) is 9.29. The summed E-state index contributed by atoms with van der Waals surface area (Å²) in [5.41, 5.74) is 7.36. The molecule has 7 nitrogen and oxygen atoms in total. The van der Waals surface area contributed by atoms with Crippen molar-refractivity contribution in [3.05, 3.63) is 47.1 Å². The first-order chi connectivity index (χ1) is 8.72. The maximum atomic E-state index is 11.3. The highest BCUT2D eigenvalue weighted by Crippen LogP contribution is 2.17. The third-order valence-electron chi connectivity index (χ3n) is 2.47. The predicted octanol–water partition coefficient (Wildman–Crippen LogP) is 0.743. The van der Waals surface area contributed by atoms with Crippen LogP contribution in [0.3, 0.4) is 0 Å². The number of hydrogen-bond donors (Lipinski definition) is 3. The minimum Gasteiger partial charge on any atom is -0.399 e. The second-order valence-corrected chi connectivity index (χ2v) is 3.78. The zero-order valence-electron chi connectivity index (χ0n) is 9.29. The smallest absolute Gasteiger partial charge is 0.348 e. The molecule has 90 valence electrons. The summed E-state index contributed by atoms with van der Waals surface area (Å²) in [6.45, 7) is 0.